The zero-order valence-corrected chi connectivity index (χ0v) is 11.3. The Kier molecular flexibility index (Phi) is 3.36. The van der Waals surface area contributed by atoms with Gasteiger partial charge in [0.15, 0.2) is 11.6 Å². The van der Waals surface area contributed by atoms with Crippen molar-refractivity contribution < 1.29 is 23.0 Å². The van der Waals surface area contributed by atoms with Crippen molar-refractivity contribution in [2.24, 2.45) is 0 Å². The van der Waals surface area contributed by atoms with E-state index in [2.05, 4.69) is 4.74 Å². The topological polar surface area (TPSA) is 35.5 Å². The molecular weight excluding hydrogens is 266 g/mol. The van der Waals surface area contributed by atoms with Gasteiger partial charge < -0.3 is 9.47 Å². The number of halogens is 2. The van der Waals surface area contributed by atoms with E-state index >= 15 is 0 Å². The fraction of sp³-hybridized carbons (Fsp3) is 0.533. The van der Waals surface area contributed by atoms with Crippen LogP contribution in [0.4, 0.5) is 8.78 Å². The van der Waals surface area contributed by atoms with E-state index < -0.39 is 11.6 Å². The second-order valence-electron chi connectivity index (χ2n) is 5.28. The Morgan fingerprint density at radius 3 is 2.85 bits per heavy atom. The summed E-state index contributed by atoms with van der Waals surface area (Å²) in [5.74, 6) is -1.74. The van der Waals surface area contributed by atoms with Crippen molar-refractivity contribution >= 4 is 5.97 Å². The van der Waals surface area contributed by atoms with Crippen LogP contribution in [-0.4, -0.2) is 19.7 Å². The fourth-order valence-electron chi connectivity index (χ4n) is 3.32. The molecule has 5 heteroatoms. The van der Waals surface area contributed by atoms with Crippen LogP contribution < -0.4 is 4.74 Å². The van der Waals surface area contributed by atoms with E-state index in [0.29, 0.717) is 37.9 Å². The molecule has 0 radical (unpaired) electrons. The molecule has 0 saturated heterocycles. The quantitative estimate of drug-likeness (QED) is 0.800. The highest BCUT2D eigenvalue weighted by Gasteiger charge is 2.35. The number of carbonyl (C=O) groups is 1. The molecule has 1 atom stereocenters. The molecule has 20 heavy (non-hydrogen) atoms. The lowest BCUT2D eigenvalue weighted by Crippen LogP contribution is -2.06. The summed E-state index contributed by atoms with van der Waals surface area (Å²) in [7, 11) is 1.35. The maximum atomic E-state index is 14.0. The molecule has 2 aliphatic rings. The average molecular weight is 282 g/mol. The standard InChI is InChI=1S/C15H16F2O3/c1-19-11(18)5-3-8-2-4-9-12(8)10-6-7-20-15(10)14(17)13(9)16/h8H,2-7H2,1H3/t8-/m1/s1. The van der Waals surface area contributed by atoms with Crippen LogP contribution in [0.2, 0.25) is 0 Å². The van der Waals surface area contributed by atoms with E-state index in [1.807, 2.05) is 0 Å². The Bertz CT molecular complexity index is 569. The SMILES string of the molecule is COC(=O)CC[C@H]1CCc2c(F)c(F)c3c(c21)CCO3. The highest BCUT2D eigenvalue weighted by atomic mass is 19.2. The molecule has 0 N–H and O–H groups in total. The van der Waals surface area contributed by atoms with Crippen LogP contribution in [0.3, 0.4) is 0 Å². The number of esters is 1. The van der Waals surface area contributed by atoms with Gasteiger partial charge in [0, 0.05) is 18.4 Å². The van der Waals surface area contributed by atoms with Crippen LogP contribution in [-0.2, 0) is 22.4 Å². The van der Waals surface area contributed by atoms with Crippen LogP contribution in [0.1, 0.15) is 41.9 Å². The number of carbonyl (C=O) groups excluding carboxylic acids is 1. The van der Waals surface area contributed by atoms with E-state index in [-0.39, 0.29) is 17.6 Å². The molecule has 0 bridgehead atoms. The third kappa shape index (κ3) is 1.96. The summed E-state index contributed by atoms with van der Waals surface area (Å²) in [6, 6.07) is 0. The monoisotopic (exact) mass is 282 g/mol. The average Bonchev–Trinajstić information content (AvgIpc) is 3.08. The van der Waals surface area contributed by atoms with Crippen molar-refractivity contribution in [3.63, 3.8) is 0 Å². The second kappa shape index (κ2) is 5.04. The van der Waals surface area contributed by atoms with E-state index in [0.717, 1.165) is 17.5 Å². The van der Waals surface area contributed by atoms with Crippen LogP contribution in [0.5, 0.6) is 5.75 Å². The predicted molar refractivity (Wildman–Crippen MR) is 67.9 cm³/mol. The Labute approximate surface area is 115 Å². The summed E-state index contributed by atoms with van der Waals surface area (Å²) < 4.78 is 37.8. The fourth-order valence-corrected chi connectivity index (χ4v) is 3.32. The van der Waals surface area contributed by atoms with Crippen molar-refractivity contribution in [1.29, 1.82) is 0 Å². The van der Waals surface area contributed by atoms with E-state index in [1.165, 1.54) is 7.11 Å². The molecule has 1 aliphatic heterocycles. The number of fused-ring (bicyclic) bond motifs is 3. The van der Waals surface area contributed by atoms with Gasteiger partial charge in [0.2, 0.25) is 5.82 Å². The number of hydrogen-bond donors (Lipinski definition) is 0. The molecule has 3 rings (SSSR count). The van der Waals surface area contributed by atoms with Gasteiger partial charge in [-0.2, -0.15) is 4.39 Å². The van der Waals surface area contributed by atoms with E-state index in [4.69, 9.17) is 4.74 Å². The molecule has 3 nitrogen and oxygen atoms in total. The Morgan fingerprint density at radius 1 is 1.30 bits per heavy atom. The first kappa shape index (κ1) is 13.3. The van der Waals surface area contributed by atoms with E-state index in [9.17, 15) is 13.6 Å². The highest BCUT2D eigenvalue weighted by Crippen LogP contribution is 2.46. The molecule has 1 aromatic carbocycles. The molecule has 1 aliphatic carbocycles. The maximum Gasteiger partial charge on any atom is 0.305 e. The molecule has 0 spiro atoms. The predicted octanol–water partition coefficient (Wildman–Crippen LogP) is 2.88. The van der Waals surface area contributed by atoms with Crippen molar-refractivity contribution in [1.82, 2.24) is 0 Å². The second-order valence-corrected chi connectivity index (χ2v) is 5.28. The minimum absolute atomic E-state index is 0.0752. The van der Waals surface area contributed by atoms with E-state index in [1.54, 1.807) is 0 Å². The maximum absolute atomic E-state index is 14.0. The van der Waals surface area contributed by atoms with Gasteiger partial charge in [0.05, 0.1) is 13.7 Å². The summed E-state index contributed by atoms with van der Waals surface area (Å²) in [6.07, 6.45) is 2.80. The first-order valence-corrected chi connectivity index (χ1v) is 6.85. The van der Waals surface area contributed by atoms with Gasteiger partial charge in [0.25, 0.3) is 0 Å². The zero-order valence-electron chi connectivity index (χ0n) is 11.3. The molecule has 1 heterocycles. The Balaban J connectivity index is 1.95. The number of ether oxygens (including phenoxy) is 2. The number of benzene rings is 1. The van der Waals surface area contributed by atoms with Crippen molar-refractivity contribution in [2.75, 3.05) is 13.7 Å². The van der Waals surface area contributed by atoms with Crippen LogP contribution in [0, 0.1) is 11.6 Å². The summed E-state index contributed by atoms with van der Waals surface area (Å²) in [5, 5.41) is 0. The van der Waals surface area contributed by atoms with Gasteiger partial charge in [0.1, 0.15) is 0 Å². The molecular formula is C15H16F2O3. The van der Waals surface area contributed by atoms with Gasteiger partial charge in [-0.15, -0.1) is 0 Å². The number of rotatable bonds is 3. The zero-order chi connectivity index (χ0) is 14.3. The lowest BCUT2D eigenvalue weighted by atomic mass is 9.90. The van der Waals surface area contributed by atoms with Crippen molar-refractivity contribution in [2.45, 2.75) is 38.0 Å². The molecule has 108 valence electrons. The van der Waals surface area contributed by atoms with Crippen LogP contribution in [0.25, 0.3) is 0 Å². The molecule has 0 aromatic heterocycles. The molecule has 1 aromatic rings. The molecule has 0 amide bonds. The highest BCUT2D eigenvalue weighted by molar-refractivity contribution is 5.69. The van der Waals surface area contributed by atoms with Gasteiger partial charge >= 0.3 is 5.97 Å². The summed E-state index contributed by atoms with van der Waals surface area (Å²) in [5.41, 5.74) is 2.15. The number of hydrogen-bond acceptors (Lipinski definition) is 3. The first-order valence-electron chi connectivity index (χ1n) is 6.85. The first-order chi connectivity index (χ1) is 9.63. The van der Waals surface area contributed by atoms with Gasteiger partial charge in [-0.1, -0.05) is 0 Å². The van der Waals surface area contributed by atoms with Crippen LogP contribution in [0.15, 0.2) is 0 Å². The molecule has 0 saturated carbocycles. The third-order valence-electron chi connectivity index (χ3n) is 4.26. The Morgan fingerprint density at radius 2 is 2.10 bits per heavy atom. The van der Waals surface area contributed by atoms with Gasteiger partial charge in [-0.3, -0.25) is 4.79 Å². The molecule has 0 unspecified atom stereocenters. The molecule has 0 fully saturated rings. The Hall–Kier alpha value is -1.65. The van der Waals surface area contributed by atoms with Crippen molar-refractivity contribution in [3.8, 4) is 5.75 Å². The summed E-state index contributed by atoms with van der Waals surface area (Å²) in [4.78, 5) is 11.3. The smallest absolute Gasteiger partial charge is 0.305 e. The van der Waals surface area contributed by atoms with Gasteiger partial charge in [-0.05, 0) is 36.3 Å². The largest absolute Gasteiger partial charge is 0.490 e. The van der Waals surface area contributed by atoms with Crippen molar-refractivity contribution in [3.05, 3.63) is 28.3 Å². The third-order valence-corrected chi connectivity index (χ3v) is 4.26. The summed E-state index contributed by atoms with van der Waals surface area (Å²) in [6.45, 7) is 0.395. The minimum atomic E-state index is -0.857. The number of methoxy groups -OCH3 is 1. The van der Waals surface area contributed by atoms with Crippen LogP contribution >= 0.6 is 0 Å². The lowest BCUT2D eigenvalue weighted by molar-refractivity contribution is -0.140. The lowest BCUT2D eigenvalue weighted by Gasteiger charge is -2.15. The normalized spacial score (nSPS) is 19.4. The van der Waals surface area contributed by atoms with Gasteiger partial charge in [-0.25, -0.2) is 4.39 Å². The summed E-state index contributed by atoms with van der Waals surface area (Å²) >= 11 is 0. The minimum Gasteiger partial charge on any atom is -0.490 e.